The highest BCUT2D eigenvalue weighted by Gasteiger charge is 2.27. The first-order chi connectivity index (χ1) is 9.95. The Hall–Kier alpha value is -2.13. The highest BCUT2D eigenvalue weighted by Crippen LogP contribution is 2.27. The van der Waals surface area contributed by atoms with E-state index in [-0.39, 0.29) is 15.6 Å². The number of nitriles is 1. The van der Waals surface area contributed by atoms with E-state index in [0.29, 0.717) is 6.07 Å². The maximum atomic E-state index is 13.9. The first kappa shape index (κ1) is 15.3. The number of nitrogens with zero attached hydrogens (tertiary/aromatic N) is 1. The van der Waals surface area contributed by atoms with Gasteiger partial charge in [-0.15, -0.1) is 0 Å². The second-order valence-corrected chi connectivity index (χ2v) is 5.05. The molecule has 0 saturated heterocycles. The summed E-state index contributed by atoms with van der Waals surface area (Å²) in [6.45, 7) is 0. The Bertz CT molecular complexity index is 755. The average molecular weight is 354 g/mol. The van der Waals surface area contributed by atoms with E-state index in [4.69, 9.17) is 5.26 Å². The molecule has 0 aliphatic carbocycles. The van der Waals surface area contributed by atoms with Gasteiger partial charge in [-0.05, 0) is 34.1 Å². The monoisotopic (exact) mass is 353 g/mol. The smallest absolute Gasteiger partial charge is 0.187 e. The van der Waals surface area contributed by atoms with Crippen LogP contribution in [0.25, 0.3) is 0 Å². The van der Waals surface area contributed by atoms with Crippen LogP contribution < -0.4 is 0 Å². The molecule has 6 heteroatoms. The summed E-state index contributed by atoms with van der Waals surface area (Å²) in [6, 6.07) is 8.17. The Balaban J connectivity index is 2.49. The van der Waals surface area contributed by atoms with Crippen LogP contribution in [0.2, 0.25) is 0 Å². The molecule has 0 radical (unpaired) electrons. The van der Waals surface area contributed by atoms with Gasteiger partial charge in [0.05, 0.1) is 16.1 Å². The molecule has 0 amide bonds. The number of halogens is 4. The minimum atomic E-state index is -1.55. The number of carbonyl (C=O) groups is 1. The highest BCUT2D eigenvalue weighted by molar-refractivity contribution is 9.10. The number of ketones is 1. The fourth-order valence-electron chi connectivity index (χ4n) is 1.85. The number of hydrogen-bond acceptors (Lipinski definition) is 2. The van der Waals surface area contributed by atoms with Crippen molar-refractivity contribution >= 4 is 21.7 Å². The van der Waals surface area contributed by atoms with E-state index in [1.165, 1.54) is 18.2 Å². The summed E-state index contributed by atoms with van der Waals surface area (Å²) in [5, 5.41) is 9.10. The molecule has 106 valence electrons. The van der Waals surface area contributed by atoms with Crippen LogP contribution in [0.5, 0.6) is 0 Å². The van der Waals surface area contributed by atoms with Gasteiger partial charge < -0.3 is 0 Å². The minimum absolute atomic E-state index is 0.0598. The fraction of sp³-hybridized carbons (Fsp3) is 0.0667. The molecule has 2 aromatic carbocycles. The Morgan fingerprint density at radius 1 is 1.19 bits per heavy atom. The topological polar surface area (TPSA) is 40.9 Å². The Labute approximate surface area is 127 Å². The Kier molecular flexibility index (Phi) is 4.43. The molecule has 0 heterocycles. The van der Waals surface area contributed by atoms with Crippen molar-refractivity contribution in [1.29, 1.82) is 5.26 Å². The normalized spacial score (nSPS) is 11.8. The van der Waals surface area contributed by atoms with Crippen molar-refractivity contribution in [2.45, 2.75) is 5.92 Å². The Morgan fingerprint density at radius 2 is 1.90 bits per heavy atom. The molecule has 0 spiro atoms. The summed E-state index contributed by atoms with van der Waals surface area (Å²) in [4.78, 5) is 12.2. The first-order valence-electron chi connectivity index (χ1n) is 5.78. The van der Waals surface area contributed by atoms with Crippen LogP contribution in [-0.2, 0) is 0 Å². The van der Waals surface area contributed by atoms with Crippen molar-refractivity contribution in [3.8, 4) is 6.07 Å². The predicted octanol–water partition coefficient (Wildman–Crippen LogP) is 4.36. The van der Waals surface area contributed by atoms with Crippen molar-refractivity contribution in [2.24, 2.45) is 0 Å². The van der Waals surface area contributed by atoms with Gasteiger partial charge in [-0.3, -0.25) is 4.79 Å². The van der Waals surface area contributed by atoms with Crippen LogP contribution in [0.15, 0.2) is 40.9 Å². The summed E-state index contributed by atoms with van der Waals surface area (Å²) in [5.74, 6) is -5.11. The fourth-order valence-corrected chi connectivity index (χ4v) is 2.22. The van der Waals surface area contributed by atoms with Gasteiger partial charge in [-0.2, -0.15) is 5.26 Å². The van der Waals surface area contributed by atoms with Crippen LogP contribution in [0.4, 0.5) is 13.2 Å². The molecule has 0 aliphatic rings. The number of benzene rings is 2. The number of rotatable bonds is 3. The number of hydrogen-bond donors (Lipinski definition) is 0. The molecular formula is C15H7BrF3NO. The van der Waals surface area contributed by atoms with Crippen LogP contribution in [0, 0.1) is 28.8 Å². The van der Waals surface area contributed by atoms with E-state index in [1.54, 1.807) is 6.07 Å². The predicted molar refractivity (Wildman–Crippen MR) is 73.1 cm³/mol. The van der Waals surface area contributed by atoms with Gasteiger partial charge in [0.25, 0.3) is 0 Å². The van der Waals surface area contributed by atoms with E-state index < -0.39 is 29.2 Å². The van der Waals surface area contributed by atoms with Crippen molar-refractivity contribution in [1.82, 2.24) is 0 Å². The van der Waals surface area contributed by atoms with Gasteiger partial charge in [0.15, 0.2) is 5.78 Å². The third-order valence-corrected chi connectivity index (χ3v) is 3.49. The summed E-state index contributed by atoms with van der Waals surface area (Å²) in [7, 11) is 0. The SMILES string of the molecule is N#CC(C(=O)c1cccc(Br)c1F)c1ccc(F)cc1F. The summed E-state index contributed by atoms with van der Waals surface area (Å²) >= 11 is 2.93. The molecule has 2 aromatic rings. The van der Waals surface area contributed by atoms with Gasteiger partial charge in [-0.1, -0.05) is 12.1 Å². The van der Waals surface area contributed by atoms with E-state index in [9.17, 15) is 18.0 Å². The lowest BCUT2D eigenvalue weighted by molar-refractivity contribution is 0.0973. The molecule has 1 unspecified atom stereocenters. The Morgan fingerprint density at radius 3 is 2.52 bits per heavy atom. The van der Waals surface area contributed by atoms with Crippen LogP contribution in [0.1, 0.15) is 21.8 Å². The largest absolute Gasteiger partial charge is 0.292 e. The van der Waals surface area contributed by atoms with Gasteiger partial charge in [0, 0.05) is 11.6 Å². The zero-order valence-electron chi connectivity index (χ0n) is 10.4. The maximum Gasteiger partial charge on any atom is 0.187 e. The molecule has 2 nitrogen and oxygen atoms in total. The molecule has 2 rings (SSSR count). The van der Waals surface area contributed by atoms with Gasteiger partial charge in [0.1, 0.15) is 23.4 Å². The third kappa shape index (κ3) is 2.98. The minimum Gasteiger partial charge on any atom is -0.292 e. The van der Waals surface area contributed by atoms with E-state index >= 15 is 0 Å². The van der Waals surface area contributed by atoms with Crippen molar-refractivity contribution < 1.29 is 18.0 Å². The lowest BCUT2D eigenvalue weighted by Crippen LogP contribution is -2.14. The molecule has 21 heavy (non-hydrogen) atoms. The van der Waals surface area contributed by atoms with Crippen molar-refractivity contribution in [2.75, 3.05) is 0 Å². The van der Waals surface area contributed by atoms with Gasteiger partial charge in [0.2, 0.25) is 0 Å². The lowest BCUT2D eigenvalue weighted by atomic mass is 9.91. The zero-order chi connectivity index (χ0) is 15.6. The van der Waals surface area contributed by atoms with E-state index in [2.05, 4.69) is 15.9 Å². The highest BCUT2D eigenvalue weighted by atomic mass is 79.9. The lowest BCUT2D eigenvalue weighted by Gasteiger charge is -2.11. The van der Waals surface area contributed by atoms with Crippen LogP contribution in [0.3, 0.4) is 0 Å². The second-order valence-electron chi connectivity index (χ2n) is 4.19. The van der Waals surface area contributed by atoms with Crippen LogP contribution in [-0.4, -0.2) is 5.78 Å². The molecule has 0 aromatic heterocycles. The summed E-state index contributed by atoms with van der Waals surface area (Å²) in [6.07, 6.45) is 0. The standard InChI is InChI=1S/C15H7BrF3NO/c16-12-3-1-2-10(14(12)19)15(21)11(7-20)9-5-4-8(17)6-13(9)18/h1-6,11H. The third-order valence-electron chi connectivity index (χ3n) is 2.88. The molecule has 0 saturated carbocycles. The van der Waals surface area contributed by atoms with Gasteiger partial charge in [-0.25, -0.2) is 13.2 Å². The van der Waals surface area contributed by atoms with E-state index in [0.717, 1.165) is 12.1 Å². The maximum absolute atomic E-state index is 13.9. The van der Waals surface area contributed by atoms with E-state index in [1.807, 2.05) is 0 Å². The average Bonchev–Trinajstić information content (AvgIpc) is 2.44. The number of carbonyl (C=O) groups excluding carboxylic acids is 1. The molecule has 1 atom stereocenters. The van der Waals surface area contributed by atoms with Crippen LogP contribution >= 0.6 is 15.9 Å². The molecule has 0 aliphatic heterocycles. The first-order valence-corrected chi connectivity index (χ1v) is 6.57. The van der Waals surface area contributed by atoms with Gasteiger partial charge >= 0.3 is 0 Å². The number of Topliss-reactive ketones (excluding diaryl/α,β-unsaturated/α-hetero) is 1. The molecule has 0 N–H and O–H groups in total. The van der Waals surface area contributed by atoms with Crippen molar-refractivity contribution in [3.63, 3.8) is 0 Å². The molecular weight excluding hydrogens is 347 g/mol. The summed E-state index contributed by atoms with van der Waals surface area (Å²) < 4.78 is 40.5. The van der Waals surface area contributed by atoms with Crippen molar-refractivity contribution in [3.05, 3.63) is 69.4 Å². The molecule has 0 bridgehead atoms. The molecule has 0 fully saturated rings. The second kappa shape index (κ2) is 6.10. The summed E-state index contributed by atoms with van der Waals surface area (Å²) in [5.41, 5.74) is -0.622. The zero-order valence-corrected chi connectivity index (χ0v) is 12.0. The quantitative estimate of drug-likeness (QED) is 0.769.